The van der Waals surface area contributed by atoms with Gasteiger partial charge in [0.1, 0.15) is 5.75 Å². The fraction of sp³-hybridized carbons (Fsp3) is 0.133. The van der Waals surface area contributed by atoms with Crippen LogP contribution < -0.4 is 4.74 Å². The summed E-state index contributed by atoms with van der Waals surface area (Å²) in [5.41, 5.74) is 1.70. The van der Waals surface area contributed by atoms with E-state index >= 15 is 0 Å². The summed E-state index contributed by atoms with van der Waals surface area (Å²) in [5, 5.41) is 0.641. The standard InChI is InChI=1S/C15H14ClNO/c1-2-18-15-10-6-3-7-12(15)11-17-14-9-5-4-8-13(14)16/h3-11H,2H2,1H3. The highest BCUT2D eigenvalue weighted by Crippen LogP contribution is 2.24. The zero-order valence-corrected chi connectivity index (χ0v) is 10.9. The molecule has 0 aliphatic carbocycles. The van der Waals surface area contributed by atoms with Crippen LogP contribution in [0, 0.1) is 0 Å². The number of hydrogen-bond donors (Lipinski definition) is 0. The Bertz CT molecular complexity index is 552. The molecule has 0 aromatic heterocycles. The Balaban J connectivity index is 2.26. The van der Waals surface area contributed by atoms with Crippen molar-refractivity contribution in [2.24, 2.45) is 4.99 Å². The third kappa shape index (κ3) is 3.11. The SMILES string of the molecule is CCOc1ccccc1C=Nc1ccccc1Cl. The van der Waals surface area contributed by atoms with Crippen molar-refractivity contribution in [3.05, 3.63) is 59.1 Å². The van der Waals surface area contributed by atoms with Gasteiger partial charge in [-0.1, -0.05) is 35.9 Å². The van der Waals surface area contributed by atoms with Crippen molar-refractivity contribution < 1.29 is 4.74 Å². The number of benzene rings is 2. The molecule has 0 atom stereocenters. The van der Waals surface area contributed by atoms with Gasteiger partial charge >= 0.3 is 0 Å². The molecule has 0 radical (unpaired) electrons. The van der Waals surface area contributed by atoms with Crippen molar-refractivity contribution in [2.45, 2.75) is 6.92 Å². The Kier molecular flexibility index (Phi) is 4.37. The molecular formula is C15H14ClNO. The summed E-state index contributed by atoms with van der Waals surface area (Å²) >= 11 is 6.05. The molecule has 0 N–H and O–H groups in total. The largest absolute Gasteiger partial charge is 0.493 e. The molecule has 2 rings (SSSR count). The number of halogens is 1. The van der Waals surface area contributed by atoms with Gasteiger partial charge in [0.15, 0.2) is 0 Å². The Morgan fingerprint density at radius 2 is 1.83 bits per heavy atom. The smallest absolute Gasteiger partial charge is 0.128 e. The van der Waals surface area contributed by atoms with Crippen LogP contribution in [-0.4, -0.2) is 12.8 Å². The number of aliphatic imine (C=N–C) groups is 1. The zero-order valence-electron chi connectivity index (χ0n) is 10.1. The topological polar surface area (TPSA) is 21.6 Å². The molecule has 2 nitrogen and oxygen atoms in total. The van der Waals surface area contributed by atoms with E-state index in [4.69, 9.17) is 16.3 Å². The van der Waals surface area contributed by atoms with Crippen LogP contribution in [0.25, 0.3) is 0 Å². The van der Waals surface area contributed by atoms with Crippen molar-refractivity contribution in [1.29, 1.82) is 0 Å². The predicted octanol–water partition coefficient (Wildman–Crippen LogP) is 4.49. The third-order valence-electron chi connectivity index (χ3n) is 2.41. The van der Waals surface area contributed by atoms with Crippen LogP contribution in [0.1, 0.15) is 12.5 Å². The maximum absolute atomic E-state index is 6.05. The number of hydrogen-bond acceptors (Lipinski definition) is 2. The number of rotatable bonds is 4. The fourth-order valence-electron chi connectivity index (χ4n) is 1.57. The maximum Gasteiger partial charge on any atom is 0.128 e. The van der Waals surface area contributed by atoms with Crippen molar-refractivity contribution in [3.8, 4) is 5.75 Å². The van der Waals surface area contributed by atoms with Crippen LogP contribution in [0.3, 0.4) is 0 Å². The molecule has 0 amide bonds. The van der Waals surface area contributed by atoms with E-state index in [9.17, 15) is 0 Å². The Labute approximate surface area is 112 Å². The van der Waals surface area contributed by atoms with Gasteiger partial charge in [-0.3, -0.25) is 4.99 Å². The van der Waals surface area contributed by atoms with Crippen molar-refractivity contribution >= 4 is 23.5 Å². The van der Waals surface area contributed by atoms with Gasteiger partial charge in [0.25, 0.3) is 0 Å². The second kappa shape index (κ2) is 6.22. The van der Waals surface area contributed by atoms with Crippen LogP contribution in [0.2, 0.25) is 5.02 Å². The van der Waals surface area contributed by atoms with E-state index in [1.807, 2.05) is 55.5 Å². The molecule has 0 bridgehead atoms. The molecule has 0 aliphatic heterocycles. The van der Waals surface area contributed by atoms with E-state index in [0.717, 1.165) is 17.0 Å². The van der Waals surface area contributed by atoms with Gasteiger partial charge in [-0.25, -0.2) is 0 Å². The molecule has 2 aromatic rings. The van der Waals surface area contributed by atoms with Crippen LogP contribution in [0.5, 0.6) is 5.75 Å². The monoisotopic (exact) mass is 259 g/mol. The quantitative estimate of drug-likeness (QED) is 0.742. The molecule has 0 aliphatic rings. The lowest BCUT2D eigenvalue weighted by atomic mass is 10.2. The summed E-state index contributed by atoms with van der Waals surface area (Å²) in [6.07, 6.45) is 1.77. The van der Waals surface area contributed by atoms with Gasteiger partial charge in [-0.05, 0) is 31.2 Å². The number of nitrogens with zero attached hydrogens (tertiary/aromatic N) is 1. The summed E-state index contributed by atoms with van der Waals surface area (Å²) < 4.78 is 5.53. The number of para-hydroxylation sites is 2. The first-order chi connectivity index (χ1) is 8.81. The first kappa shape index (κ1) is 12.7. The maximum atomic E-state index is 6.05. The molecule has 0 heterocycles. The predicted molar refractivity (Wildman–Crippen MR) is 76.3 cm³/mol. The molecule has 2 aromatic carbocycles. The van der Waals surface area contributed by atoms with Gasteiger partial charge in [0, 0.05) is 11.8 Å². The van der Waals surface area contributed by atoms with E-state index in [1.165, 1.54) is 0 Å². The first-order valence-electron chi connectivity index (χ1n) is 5.81. The van der Waals surface area contributed by atoms with E-state index in [-0.39, 0.29) is 0 Å². The lowest BCUT2D eigenvalue weighted by molar-refractivity contribution is 0.340. The fourth-order valence-corrected chi connectivity index (χ4v) is 1.75. The van der Waals surface area contributed by atoms with Gasteiger partial charge in [0.05, 0.1) is 17.3 Å². The highest BCUT2D eigenvalue weighted by Gasteiger charge is 2.00. The van der Waals surface area contributed by atoms with Gasteiger partial charge < -0.3 is 4.74 Å². The van der Waals surface area contributed by atoms with Gasteiger partial charge in [-0.2, -0.15) is 0 Å². The molecular weight excluding hydrogens is 246 g/mol. The van der Waals surface area contributed by atoms with Crippen molar-refractivity contribution in [2.75, 3.05) is 6.61 Å². The Morgan fingerprint density at radius 1 is 1.11 bits per heavy atom. The Morgan fingerprint density at radius 3 is 2.61 bits per heavy atom. The second-order valence-electron chi connectivity index (χ2n) is 3.68. The van der Waals surface area contributed by atoms with E-state index < -0.39 is 0 Å². The summed E-state index contributed by atoms with van der Waals surface area (Å²) in [5.74, 6) is 0.829. The lowest BCUT2D eigenvalue weighted by Gasteiger charge is -2.05. The molecule has 0 unspecified atom stereocenters. The normalized spacial score (nSPS) is 10.8. The lowest BCUT2D eigenvalue weighted by Crippen LogP contribution is -1.95. The molecule has 0 fully saturated rings. The third-order valence-corrected chi connectivity index (χ3v) is 2.73. The highest BCUT2D eigenvalue weighted by molar-refractivity contribution is 6.33. The summed E-state index contributed by atoms with van der Waals surface area (Å²) in [4.78, 5) is 4.38. The minimum atomic E-state index is 0.636. The summed E-state index contributed by atoms with van der Waals surface area (Å²) in [7, 11) is 0. The van der Waals surface area contributed by atoms with Crippen molar-refractivity contribution in [1.82, 2.24) is 0 Å². The number of ether oxygens (including phenoxy) is 1. The minimum Gasteiger partial charge on any atom is -0.493 e. The average molecular weight is 260 g/mol. The Hall–Kier alpha value is -1.80. The molecule has 0 saturated heterocycles. The van der Waals surface area contributed by atoms with E-state index in [2.05, 4.69) is 4.99 Å². The molecule has 0 saturated carbocycles. The summed E-state index contributed by atoms with van der Waals surface area (Å²) in [6, 6.07) is 15.3. The van der Waals surface area contributed by atoms with Gasteiger partial charge in [0.2, 0.25) is 0 Å². The molecule has 3 heteroatoms. The molecule has 92 valence electrons. The molecule has 18 heavy (non-hydrogen) atoms. The summed E-state index contributed by atoms with van der Waals surface area (Å²) in [6.45, 7) is 2.60. The highest BCUT2D eigenvalue weighted by atomic mass is 35.5. The van der Waals surface area contributed by atoms with E-state index in [1.54, 1.807) is 6.21 Å². The van der Waals surface area contributed by atoms with E-state index in [0.29, 0.717) is 11.6 Å². The zero-order chi connectivity index (χ0) is 12.8. The van der Waals surface area contributed by atoms with Crippen molar-refractivity contribution in [3.63, 3.8) is 0 Å². The first-order valence-corrected chi connectivity index (χ1v) is 6.19. The van der Waals surface area contributed by atoms with Crippen LogP contribution in [-0.2, 0) is 0 Å². The van der Waals surface area contributed by atoms with Gasteiger partial charge in [-0.15, -0.1) is 0 Å². The van der Waals surface area contributed by atoms with Crippen LogP contribution >= 0.6 is 11.6 Å². The average Bonchev–Trinajstić information content (AvgIpc) is 2.40. The van der Waals surface area contributed by atoms with Crippen LogP contribution in [0.4, 0.5) is 5.69 Å². The molecule has 0 spiro atoms. The van der Waals surface area contributed by atoms with Crippen LogP contribution in [0.15, 0.2) is 53.5 Å². The second-order valence-corrected chi connectivity index (χ2v) is 4.09. The minimum absolute atomic E-state index is 0.636.